The molecule has 1 N–H and O–H groups in total. The lowest BCUT2D eigenvalue weighted by molar-refractivity contribution is 0.412. The summed E-state index contributed by atoms with van der Waals surface area (Å²) in [6.45, 7) is 1.01. The van der Waals surface area contributed by atoms with E-state index in [0.29, 0.717) is 0 Å². The molecule has 0 aliphatic rings. The Morgan fingerprint density at radius 3 is 3.06 bits per heavy atom. The largest absolute Gasteiger partial charge is 0.495 e. The van der Waals surface area contributed by atoms with E-state index in [1.54, 1.807) is 7.11 Å². The molecule has 0 radical (unpaired) electrons. The van der Waals surface area contributed by atoms with Gasteiger partial charge in [-0.15, -0.1) is 0 Å². The Labute approximate surface area is 95.3 Å². The lowest BCUT2D eigenvalue weighted by atomic mass is 10.3. The maximum atomic E-state index is 5.21. The molecule has 16 heavy (non-hydrogen) atoms. The molecule has 2 aromatic heterocycles. The second kappa shape index (κ2) is 4.99. The van der Waals surface area contributed by atoms with Gasteiger partial charge < -0.3 is 14.5 Å². The van der Waals surface area contributed by atoms with Gasteiger partial charge in [0.25, 0.3) is 0 Å². The van der Waals surface area contributed by atoms with Gasteiger partial charge in [0.15, 0.2) is 0 Å². The number of rotatable bonds is 5. The van der Waals surface area contributed by atoms with Crippen molar-refractivity contribution in [3.8, 4) is 5.75 Å². The van der Waals surface area contributed by atoms with E-state index in [4.69, 9.17) is 4.74 Å². The predicted molar refractivity (Wildman–Crippen MR) is 64.0 cm³/mol. The summed E-state index contributed by atoms with van der Waals surface area (Å²) in [6, 6.07) is 3.97. The number of nitrogens with one attached hydrogen (secondary N) is 1. The van der Waals surface area contributed by atoms with E-state index in [0.717, 1.165) is 36.5 Å². The van der Waals surface area contributed by atoms with Gasteiger partial charge in [0, 0.05) is 6.42 Å². The number of aryl methyl sites for hydroxylation is 1. The molecule has 0 aliphatic carbocycles. The third kappa shape index (κ3) is 2.17. The first-order valence-electron chi connectivity index (χ1n) is 5.49. The van der Waals surface area contributed by atoms with E-state index in [9.17, 15) is 0 Å². The molecule has 0 aliphatic heterocycles. The number of pyridine rings is 1. The number of hydrogen-bond donors (Lipinski definition) is 1. The summed E-state index contributed by atoms with van der Waals surface area (Å²) >= 11 is 0. The summed E-state index contributed by atoms with van der Waals surface area (Å²) in [5, 5.41) is 3.14. The Bertz CT molecular complexity index is 464. The van der Waals surface area contributed by atoms with Crippen molar-refractivity contribution in [3.63, 3.8) is 0 Å². The monoisotopic (exact) mass is 219 g/mol. The fourth-order valence-corrected chi connectivity index (χ4v) is 1.75. The minimum atomic E-state index is 0.861. The van der Waals surface area contributed by atoms with E-state index in [1.807, 2.05) is 31.6 Å². The lowest BCUT2D eigenvalue weighted by Crippen LogP contribution is -2.09. The molecule has 0 atom stereocenters. The molecule has 0 saturated carbocycles. The van der Waals surface area contributed by atoms with Crippen molar-refractivity contribution in [1.29, 1.82) is 0 Å². The van der Waals surface area contributed by atoms with E-state index in [1.165, 1.54) is 0 Å². The molecule has 0 bridgehead atoms. The van der Waals surface area contributed by atoms with Crippen molar-refractivity contribution < 1.29 is 4.74 Å². The van der Waals surface area contributed by atoms with Crippen LogP contribution in [0.2, 0.25) is 0 Å². The van der Waals surface area contributed by atoms with Gasteiger partial charge in [-0.1, -0.05) is 0 Å². The average molecular weight is 219 g/mol. The van der Waals surface area contributed by atoms with Crippen LogP contribution in [-0.2, 0) is 6.42 Å². The molecule has 2 rings (SSSR count). The maximum Gasteiger partial charge on any atom is 0.135 e. The molecule has 0 amide bonds. The minimum Gasteiger partial charge on any atom is -0.495 e. The van der Waals surface area contributed by atoms with E-state index >= 15 is 0 Å². The highest BCUT2D eigenvalue weighted by Gasteiger charge is 2.03. The van der Waals surface area contributed by atoms with Gasteiger partial charge in [0.2, 0.25) is 0 Å². The minimum absolute atomic E-state index is 0.861. The zero-order valence-corrected chi connectivity index (χ0v) is 9.73. The predicted octanol–water partition coefficient (Wildman–Crippen LogP) is 1.49. The van der Waals surface area contributed by atoms with Gasteiger partial charge >= 0.3 is 0 Å². The highest BCUT2D eigenvalue weighted by molar-refractivity contribution is 5.48. The molecule has 2 heterocycles. The van der Waals surface area contributed by atoms with Gasteiger partial charge in [-0.3, -0.25) is 0 Å². The second-order valence-electron chi connectivity index (χ2n) is 3.75. The Balaban J connectivity index is 2.24. The smallest absolute Gasteiger partial charge is 0.135 e. The molecule has 0 fully saturated rings. The zero-order valence-electron chi connectivity index (χ0n) is 9.73. The number of aromatic nitrogens is 2. The number of hydrogen-bond acceptors (Lipinski definition) is 3. The molecular weight excluding hydrogens is 202 g/mol. The lowest BCUT2D eigenvalue weighted by Gasteiger charge is -2.04. The number of methoxy groups -OCH3 is 1. The number of nitrogens with zero attached hydrogens (tertiary/aromatic N) is 2. The van der Waals surface area contributed by atoms with Gasteiger partial charge in [0.1, 0.15) is 11.6 Å². The van der Waals surface area contributed by atoms with Crippen molar-refractivity contribution in [2.75, 3.05) is 20.7 Å². The zero-order chi connectivity index (χ0) is 11.4. The van der Waals surface area contributed by atoms with Crippen LogP contribution in [0.3, 0.4) is 0 Å². The maximum absolute atomic E-state index is 5.21. The van der Waals surface area contributed by atoms with Gasteiger partial charge in [-0.05, 0) is 32.1 Å². The Morgan fingerprint density at radius 1 is 1.44 bits per heavy atom. The first-order chi connectivity index (χ1) is 7.85. The molecule has 4 heteroatoms. The Kier molecular flexibility index (Phi) is 3.41. The number of imidazole rings is 1. The third-order valence-electron chi connectivity index (χ3n) is 2.64. The molecule has 0 aromatic carbocycles. The van der Waals surface area contributed by atoms with Crippen LogP contribution in [0.25, 0.3) is 5.52 Å². The summed E-state index contributed by atoms with van der Waals surface area (Å²) in [5.74, 6) is 1.95. The standard InChI is InChI=1S/C12H17N3O/c1-13-7-3-4-12-14-8-10-5-6-11(16-2)9-15(10)12/h5-6,8-9,13H,3-4,7H2,1-2H3. The molecule has 0 saturated heterocycles. The molecule has 4 nitrogen and oxygen atoms in total. The fraction of sp³-hybridized carbons (Fsp3) is 0.417. The molecule has 2 aromatic rings. The summed E-state index contributed by atoms with van der Waals surface area (Å²) < 4.78 is 7.30. The topological polar surface area (TPSA) is 38.6 Å². The van der Waals surface area contributed by atoms with Crippen LogP contribution in [-0.4, -0.2) is 30.1 Å². The SMILES string of the molecule is CNCCCc1ncc2ccc(OC)cn12. The van der Waals surface area contributed by atoms with Crippen molar-refractivity contribution in [2.45, 2.75) is 12.8 Å². The van der Waals surface area contributed by atoms with Crippen LogP contribution in [0.5, 0.6) is 5.75 Å². The van der Waals surface area contributed by atoms with Crippen LogP contribution in [0.1, 0.15) is 12.2 Å². The highest BCUT2D eigenvalue weighted by atomic mass is 16.5. The second-order valence-corrected chi connectivity index (χ2v) is 3.75. The first kappa shape index (κ1) is 11.0. The number of ether oxygens (including phenoxy) is 1. The summed E-state index contributed by atoms with van der Waals surface area (Å²) in [4.78, 5) is 4.42. The van der Waals surface area contributed by atoms with Crippen LogP contribution in [0.4, 0.5) is 0 Å². The molecule has 0 spiro atoms. The molecule has 86 valence electrons. The summed E-state index contributed by atoms with van der Waals surface area (Å²) in [5.41, 5.74) is 1.11. The molecule has 0 unspecified atom stereocenters. The van der Waals surface area contributed by atoms with Crippen LogP contribution < -0.4 is 10.1 Å². The van der Waals surface area contributed by atoms with Crippen molar-refractivity contribution >= 4 is 5.52 Å². The van der Waals surface area contributed by atoms with E-state index in [-0.39, 0.29) is 0 Å². The fourth-order valence-electron chi connectivity index (χ4n) is 1.75. The van der Waals surface area contributed by atoms with Crippen LogP contribution in [0.15, 0.2) is 24.5 Å². The van der Waals surface area contributed by atoms with Gasteiger partial charge in [-0.2, -0.15) is 0 Å². The Morgan fingerprint density at radius 2 is 2.31 bits per heavy atom. The molecular formula is C12H17N3O. The average Bonchev–Trinajstić information content (AvgIpc) is 2.72. The van der Waals surface area contributed by atoms with Gasteiger partial charge in [-0.25, -0.2) is 4.98 Å². The van der Waals surface area contributed by atoms with Crippen molar-refractivity contribution in [1.82, 2.24) is 14.7 Å². The van der Waals surface area contributed by atoms with E-state index in [2.05, 4.69) is 14.7 Å². The Hall–Kier alpha value is -1.55. The third-order valence-corrected chi connectivity index (χ3v) is 2.64. The quantitative estimate of drug-likeness (QED) is 0.774. The van der Waals surface area contributed by atoms with Crippen molar-refractivity contribution in [2.24, 2.45) is 0 Å². The van der Waals surface area contributed by atoms with Gasteiger partial charge in [0.05, 0.1) is 25.0 Å². The van der Waals surface area contributed by atoms with Crippen LogP contribution >= 0.6 is 0 Å². The number of fused-ring (bicyclic) bond motifs is 1. The van der Waals surface area contributed by atoms with E-state index < -0.39 is 0 Å². The summed E-state index contributed by atoms with van der Waals surface area (Å²) in [7, 11) is 3.64. The van der Waals surface area contributed by atoms with Crippen LogP contribution in [0, 0.1) is 0 Å². The normalized spacial score (nSPS) is 10.9. The first-order valence-corrected chi connectivity index (χ1v) is 5.49. The summed E-state index contributed by atoms with van der Waals surface area (Å²) in [6.07, 6.45) is 5.94. The highest BCUT2D eigenvalue weighted by Crippen LogP contribution is 2.15. The van der Waals surface area contributed by atoms with Crippen molar-refractivity contribution in [3.05, 3.63) is 30.4 Å².